The Bertz CT molecular complexity index is 129. The fraction of sp³-hybridized carbons (Fsp3) is 0.500. The average Bonchev–Trinajstić information content (AvgIpc) is 1.58. The quantitative estimate of drug-likeness (QED) is 0.601. The Morgan fingerprint density at radius 2 is 1.50 bits per heavy atom. The molecule has 2 nitrogen and oxygen atoms in total. The van der Waals surface area contributed by atoms with Crippen molar-refractivity contribution in [2.24, 2.45) is 0 Å². The third-order valence-electron chi connectivity index (χ3n) is 0.595. The van der Waals surface area contributed by atoms with E-state index in [4.69, 9.17) is 0 Å². The lowest BCUT2D eigenvalue weighted by molar-refractivity contribution is -0.109. The first-order chi connectivity index (χ1) is 4.52. The molecule has 0 aliphatic carbocycles. The molecule has 0 saturated heterocycles. The predicted octanol–water partition coefficient (Wildman–Crippen LogP) is 1.71. The molecule has 0 aliphatic rings. The monoisotopic (exact) mass is 177 g/mol. The van der Waals surface area contributed by atoms with Crippen LogP contribution < -0.4 is 0 Å². The van der Waals surface area contributed by atoms with E-state index < -0.39 is 0 Å². The fourth-order valence-electron chi connectivity index (χ4n) is 0.394. The maximum absolute atomic E-state index is 10.4. The molecule has 57 valence electrons. The second kappa shape index (κ2) is 4.79. The number of thioether (sulfide) groups is 2. The maximum atomic E-state index is 10.4. The standard InChI is InChI=1S/C6H9O2S2/c1-4(7)9-6(3)10-5(2)8/h6H,3H2,1-2H3. The van der Waals surface area contributed by atoms with Crippen LogP contribution in [0, 0.1) is 6.92 Å². The van der Waals surface area contributed by atoms with Gasteiger partial charge in [-0.15, -0.1) is 0 Å². The fourth-order valence-corrected chi connectivity index (χ4v) is 2.14. The van der Waals surface area contributed by atoms with Crippen LogP contribution in [0.25, 0.3) is 0 Å². The second-order valence-corrected chi connectivity index (χ2v) is 4.71. The van der Waals surface area contributed by atoms with Crippen molar-refractivity contribution in [3.05, 3.63) is 6.92 Å². The van der Waals surface area contributed by atoms with E-state index in [1.807, 2.05) is 0 Å². The van der Waals surface area contributed by atoms with E-state index in [0.29, 0.717) is 0 Å². The summed E-state index contributed by atoms with van der Waals surface area (Å²) >= 11 is 2.15. The summed E-state index contributed by atoms with van der Waals surface area (Å²) < 4.78 is -0.199. The van der Waals surface area contributed by atoms with Gasteiger partial charge in [0.2, 0.25) is 0 Å². The van der Waals surface area contributed by atoms with Crippen molar-refractivity contribution < 1.29 is 9.59 Å². The summed E-state index contributed by atoms with van der Waals surface area (Å²) in [6, 6.07) is 0. The van der Waals surface area contributed by atoms with E-state index in [-0.39, 0.29) is 14.8 Å². The van der Waals surface area contributed by atoms with Gasteiger partial charge in [0.1, 0.15) is 0 Å². The Kier molecular flexibility index (Phi) is 4.81. The molecule has 0 amide bonds. The first-order valence-electron chi connectivity index (χ1n) is 2.70. The second-order valence-electron chi connectivity index (χ2n) is 1.65. The lowest BCUT2D eigenvalue weighted by Crippen LogP contribution is -1.97. The molecular weight excluding hydrogens is 168 g/mol. The molecule has 0 heterocycles. The summed E-state index contributed by atoms with van der Waals surface area (Å²) in [4.78, 5) is 20.9. The smallest absolute Gasteiger partial charge is 0.186 e. The molecule has 0 aromatic heterocycles. The van der Waals surface area contributed by atoms with Gasteiger partial charge in [0, 0.05) is 13.8 Å². The van der Waals surface area contributed by atoms with Crippen LogP contribution in [0.5, 0.6) is 0 Å². The van der Waals surface area contributed by atoms with Gasteiger partial charge in [-0.3, -0.25) is 9.59 Å². The van der Waals surface area contributed by atoms with Crippen LogP contribution in [0.2, 0.25) is 0 Å². The molecule has 0 saturated carbocycles. The summed E-state index contributed by atoms with van der Waals surface area (Å²) in [5, 5.41) is -0.0116. The van der Waals surface area contributed by atoms with Crippen molar-refractivity contribution in [1.82, 2.24) is 0 Å². The lowest BCUT2D eigenvalue weighted by atomic mass is 10.9. The summed E-state index contributed by atoms with van der Waals surface area (Å²) in [6.45, 7) is 6.53. The molecule has 0 atom stereocenters. The van der Waals surface area contributed by atoms with Gasteiger partial charge in [0.05, 0.1) is 4.58 Å². The summed E-state index contributed by atoms with van der Waals surface area (Å²) in [7, 11) is 0. The van der Waals surface area contributed by atoms with E-state index in [0.717, 1.165) is 23.5 Å². The van der Waals surface area contributed by atoms with Crippen LogP contribution in [0.4, 0.5) is 0 Å². The predicted molar refractivity (Wildman–Crippen MR) is 45.7 cm³/mol. The van der Waals surface area contributed by atoms with Gasteiger partial charge in [0.25, 0.3) is 0 Å². The number of carbonyl (C=O) groups excluding carboxylic acids is 2. The van der Waals surface area contributed by atoms with Crippen molar-refractivity contribution in [2.75, 3.05) is 0 Å². The molecule has 0 spiro atoms. The number of rotatable bonds is 2. The summed E-state index contributed by atoms with van der Waals surface area (Å²) in [6.07, 6.45) is 0. The van der Waals surface area contributed by atoms with Gasteiger partial charge in [0.15, 0.2) is 10.2 Å². The molecule has 0 aliphatic heterocycles. The minimum atomic E-state index is -0.199. The van der Waals surface area contributed by atoms with Gasteiger partial charge in [-0.1, -0.05) is 23.5 Å². The van der Waals surface area contributed by atoms with Crippen molar-refractivity contribution in [3.8, 4) is 0 Å². The minimum Gasteiger partial charge on any atom is -0.288 e. The Balaban J connectivity index is 3.53. The Hall–Kier alpha value is 0.0400. The molecule has 10 heavy (non-hydrogen) atoms. The molecule has 0 aromatic carbocycles. The average molecular weight is 177 g/mol. The third kappa shape index (κ3) is 6.16. The largest absolute Gasteiger partial charge is 0.288 e. The highest BCUT2D eigenvalue weighted by molar-refractivity contribution is 8.29. The SMILES string of the molecule is [CH2]C(SC(C)=O)SC(C)=O. The minimum absolute atomic E-state index is 0.00579. The van der Waals surface area contributed by atoms with Crippen LogP contribution in [-0.4, -0.2) is 14.8 Å². The first-order valence-corrected chi connectivity index (χ1v) is 4.46. The molecule has 0 aromatic rings. The first kappa shape index (κ1) is 10.0. The number of hydrogen-bond acceptors (Lipinski definition) is 4. The lowest BCUT2D eigenvalue weighted by Gasteiger charge is -2.03. The highest BCUT2D eigenvalue weighted by Gasteiger charge is 2.08. The zero-order valence-corrected chi connectivity index (χ0v) is 7.55. The van der Waals surface area contributed by atoms with Crippen molar-refractivity contribution >= 4 is 33.8 Å². The molecule has 0 bridgehead atoms. The van der Waals surface area contributed by atoms with Crippen molar-refractivity contribution in [2.45, 2.75) is 18.4 Å². The number of carbonyl (C=O) groups is 2. The molecule has 0 unspecified atom stereocenters. The zero-order chi connectivity index (χ0) is 8.15. The van der Waals surface area contributed by atoms with Gasteiger partial charge >= 0.3 is 0 Å². The van der Waals surface area contributed by atoms with Gasteiger partial charge in [-0.2, -0.15) is 0 Å². The van der Waals surface area contributed by atoms with Crippen molar-refractivity contribution in [1.29, 1.82) is 0 Å². The van der Waals surface area contributed by atoms with E-state index in [9.17, 15) is 9.59 Å². The third-order valence-corrected chi connectivity index (χ3v) is 2.36. The molecular formula is C6H9O2S2. The maximum Gasteiger partial charge on any atom is 0.186 e. The Labute approximate surface area is 69.1 Å². The highest BCUT2D eigenvalue weighted by Crippen LogP contribution is 2.23. The zero-order valence-electron chi connectivity index (χ0n) is 5.92. The van der Waals surface area contributed by atoms with Gasteiger partial charge < -0.3 is 0 Å². The summed E-state index contributed by atoms with van der Waals surface area (Å²) in [5.41, 5.74) is 0. The van der Waals surface area contributed by atoms with E-state index in [2.05, 4.69) is 6.92 Å². The Morgan fingerprint density at radius 1 is 1.20 bits per heavy atom. The van der Waals surface area contributed by atoms with Crippen LogP contribution in [0.3, 0.4) is 0 Å². The molecule has 0 fully saturated rings. The van der Waals surface area contributed by atoms with E-state index in [1.54, 1.807) is 0 Å². The van der Waals surface area contributed by atoms with Crippen LogP contribution >= 0.6 is 23.5 Å². The van der Waals surface area contributed by atoms with Gasteiger partial charge in [-0.05, 0) is 6.92 Å². The van der Waals surface area contributed by atoms with Crippen LogP contribution in [0.15, 0.2) is 0 Å². The molecule has 0 rings (SSSR count). The van der Waals surface area contributed by atoms with E-state index in [1.165, 1.54) is 13.8 Å². The van der Waals surface area contributed by atoms with Crippen LogP contribution in [0.1, 0.15) is 13.8 Å². The van der Waals surface area contributed by atoms with Crippen molar-refractivity contribution in [3.63, 3.8) is 0 Å². The molecule has 4 heteroatoms. The highest BCUT2D eigenvalue weighted by atomic mass is 32.2. The summed E-state index contributed by atoms with van der Waals surface area (Å²) in [5.74, 6) is 0. The molecule has 0 N–H and O–H groups in total. The molecule has 1 radical (unpaired) electrons. The van der Waals surface area contributed by atoms with Gasteiger partial charge in [-0.25, -0.2) is 0 Å². The Morgan fingerprint density at radius 3 is 1.70 bits per heavy atom. The number of hydrogen-bond donors (Lipinski definition) is 0. The van der Waals surface area contributed by atoms with Crippen LogP contribution in [-0.2, 0) is 9.59 Å². The van der Waals surface area contributed by atoms with E-state index >= 15 is 0 Å². The normalized spacial score (nSPS) is 10.0. The topological polar surface area (TPSA) is 34.1 Å².